The van der Waals surface area contributed by atoms with Crippen molar-refractivity contribution >= 4 is 45.7 Å². The minimum atomic E-state index is -0.722. The zero-order valence-electron chi connectivity index (χ0n) is 12.3. The van der Waals surface area contributed by atoms with Gasteiger partial charge in [-0.25, -0.2) is 4.39 Å². The average molecular weight is 366 g/mol. The molecule has 0 aliphatic heterocycles. The highest BCUT2D eigenvalue weighted by Crippen LogP contribution is 2.20. The highest BCUT2D eigenvalue weighted by atomic mass is 35.5. The van der Waals surface area contributed by atoms with Crippen LogP contribution < -0.4 is 10.7 Å². The molecule has 0 saturated heterocycles. The van der Waals surface area contributed by atoms with Crippen molar-refractivity contribution in [2.45, 2.75) is 0 Å². The van der Waals surface area contributed by atoms with Crippen LogP contribution in [-0.4, -0.2) is 15.7 Å². The van der Waals surface area contributed by atoms with Crippen LogP contribution in [0, 0.1) is 5.82 Å². The fourth-order valence-electron chi connectivity index (χ4n) is 2.26. The van der Waals surface area contributed by atoms with E-state index in [2.05, 4.69) is 10.4 Å². The molecule has 0 unspecified atom stereocenters. The third-order valence-corrected chi connectivity index (χ3v) is 3.93. The molecule has 0 saturated carbocycles. The summed E-state index contributed by atoms with van der Waals surface area (Å²) in [5, 5.41) is 7.00. The number of nitrogens with zero attached hydrogens (tertiary/aromatic N) is 2. The first-order valence-electron chi connectivity index (χ1n) is 6.80. The lowest BCUT2D eigenvalue weighted by Gasteiger charge is -2.09. The summed E-state index contributed by atoms with van der Waals surface area (Å²) in [6.45, 7) is 0. The fraction of sp³-hybridized carbons (Fsp3) is 0.0625. The van der Waals surface area contributed by atoms with Gasteiger partial charge in [0.05, 0.1) is 15.9 Å². The van der Waals surface area contributed by atoms with Gasteiger partial charge in [-0.05, 0) is 36.4 Å². The van der Waals surface area contributed by atoms with Gasteiger partial charge in [-0.2, -0.15) is 5.10 Å². The molecule has 122 valence electrons. The van der Waals surface area contributed by atoms with E-state index < -0.39 is 17.2 Å². The predicted octanol–water partition coefficient (Wildman–Crippen LogP) is 3.63. The highest BCUT2D eigenvalue weighted by Gasteiger charge is 2.17. The average Bonchev–Trinajstić information content (AvgIpc) is 2.54. The van der Waals surface area contributed by atoms with E-state index in [1.54, 1.807) is 19.2 Å². The Kier molecular flexibility index (Phi) is 4.26. The second-order valence-electron chi connectivity index (χ2n) is 5.05. The second kappa shape index (κ2) is 6.22. The molecule has 0 fully saturated rings. The van der Waals surface area contributed by atoms with Crippen LogP contribution in [0.5, 0.6) is 0 Å². The molecule has 3 aromatic rings. The number of benzene rings is 2. The van der Waals surface area contributed by atoms with E-state index in [-0.39, 0.29) is 21.8 Å². The van der Waals surface area contributed by atoms with Crippen LogP contribution >= 0.6 is 23.2 Å². The molecule has 0 spiro atoms. The van der Waals surface area contributed by atoms with Gasteiger partial charge in [0.15, 0.2) is 5.69 Å². The predicted molar refractivity (Wildman–Crippen MR) is 91.4 cm³/mol. The number of carbonyl (C=O) groups is 1. The Labute approximate surface area is 145 Å². The number of hydrogen-bond acceptors (Lipinski definition) is 3. The summed E-state index contributed by atoms with van der Waals surface area (Å²) in [6, 6.07) is 8.45. The van der Waals surface area contributed by atoms with Crippen LogP contribution in [0.25, 0.3) is 10.9 Å². The summed E-state index contributed by atoms with van der Waals surface area (Å²) in [7, 11) is 1.61. The lowest BCUT2D eigenvalue weighted by Crippen LogP contribution is -2.26. The Morgan fingerprint density at radius 2 is 1.96 bits per heavy atom. The number of aromatic nitrogens is 2. The van der Waals surface area contributed by atoms with Crippen LogP contribution in [0.3, 0.4) is 0 Å². The monoisotopic (exact) mass is 365 g/mol. The Bertz CT molecular complexity index is 1030. The Balaban J connectivity index is 2.05. The normalized spacial score (nSPS) is 10.8. The molecule has 1 aromatic heterocycles. The van der Waals surface area contributed by atoms with Gasteiger partial charge in [0.2, 0.25) is 5.43 Å². The van der Waals surface area contributed by atoms with E-state index >= 15 is 0 Å². The fourth-order valence-corrected chi connectivity index (χ4v) is 2.61. The number of halogens is 3. The maximum absolute atomic E-state index is 13.2. The van der Waals surface area contributed by atoms with E-state index in [4.69, 9.17) is 23.2 Å². The quantitative estimate of drug-likeness (QED) is 0.753. The van der Waals surface area contributed by atoms with Gasteiger partial charge in [-0.1, -0.05) is 23.2 Å². The molecule has 0 radical (unpaired) electrons. The summed E-state index contributed by atoms with van der Waals surface area (Å²) in [4.78, 5) is 24.9. The number of rotatable bonds is 2. The first kappa shape index (κ1) is 16.4. The highest BCUT2D eigenvalue weighted by molar-refractivity contribution is 6.31. The van der Waals surface area contributed by atoms with Gasteiger partial charge in [-0.3, -0.25) is 14.3 Å². The van der Waals surface area contributed by atoms with Crippen molar-refractivity contribution in [3.8, 4) is 0 Å². The number of amides is 1. The minimum Gasteiger partial charge on any atom is -0.320 e. The van der Waals surface area contributed by atoms with E-state index in [1.165, 1.54) is 22.9 Å². The third kappa shape index (κ3) is 2.98. The van der Waals surface area contributed by atoms with Crippen molar-refractivity contribution in [2.75, 3.05) is 5.32 Å². The summed E-state index contributed by atoms with van der Waals surface area (Å²) < 4.78 is 14.6. The molecule has 0 aliphatic rings. The van der Waals surface area contributed by atoms with E-state index in [0.29, 0.717) is 10.5 Å². The van der Waals surface area contributed by atoms with Crippen molar-refractivity contribution in [3.05, 3.63) is 68.2 Å². The molecule has 2 aromatic carbocycles. The molecule has 1 amide bonds. The number of carbonyl (C=O) groups excluding carboxylic acids is 1. The molecule has 8 heteroatoms. The first-order chi connectivity index (χ1) is 11.4. The number of aryl methyl sites for hydroxylation is 1. The van der Waals surface area contributed by atoms with E-state index in [9.17, 15) is 14.0 Å². The maximum atomic E-state index is 13.2. The molecule has 1 heterocycles. The van der Waals surface area contributed by atoms with Crippen molar-refractivity contribution < 1.29 is 9.18 Å². The Morgan fingerprint density at radius 1 is 1.21 bits per heavy atom. The van der Waals surface area contributed by atoms with Crippen LogP contribution in [0.1, 0.15) is 10.5 Å². The molecule has 24 heavy (non-hydrogen) atoms. The third-order valence-electron chi connectivity index (χ3n) is 3.41. The number of fused-ring (bicyclic) bond motifs is 1. The smallest absolute Gasteiger partial charge is 0.280 e. The van der Waals surface area contributed by atoms with Crippen LogP contribution in [0.15, 0.2) is 41.2 Å². The first-order valence-corrected chi connectivity index (χ1v) is 7.55. The van der Waals surface area contributed by atoms with Gasteiger partial charge in [-0.15, -0.1) is 0 Å². The standard InChI is InChI=1S/C16H10Cl2FN3O2/c1-22-13-5-2-8(17)6-10(13)15(23)14(21-22)16(24)20-9-3-4-12(19)11(18)7-9/h2-7H,1H3,(H,20,24). The molecule has 5 nitrogen and oxygen atoms in total. The van der Waals surface area contributed by atoms with Crippen molar-refractivity contribution in [3.63, 3.8) is 0 Å². The van der Waals surface area contributed by atoms with Gasteiger partial charge in [0, 0.05) is 17.8 Å². The van der Waals surface area contributed by atoms with Crippen molar-refractivity contribution in [1.82, 2.24) is 9.78 Å². The number of anilines is 1. The summed E-state index contributed by atoms with van der Waals surface area (Å²) in [5.74, 6) is -1.33. The Hall–Kier alpha value is -2.44. The van der Waals surface area contributed by atoms with E-state index in [0.717, 1.165) is 6.07 Å². The molecular weight excluding hydrogens is 356 g/mol. The molecule has 3 rings (SSSR count). The van der Waals surface area contributed by atoms with Crippen LogP contribution in [-0.2, 0) is 7.05 Å². The van der Waals surface area contributed by atoms with Gasteiger partial charge < -0.3 is 5.32 Å². The molecule has 0 atom stereocenters. The topological polar surface area (TPSA) is 64.0 Å². The SMILES string of the molecule is Cn1nc(C(=O)Nc2ccc(F)c(Cl)c2)c(=O)c2cc(Cl)ccc21. The summed E-state index contributed by atoms with van der Waals surface area (Å²) in [6.07, 6.45) is 0. The largest absolute Gasteiger partial charge is 0.320 e. The zero-order valence-corrected chi connectivity index (χ0v) is 13.8. The van der Waals surface area contributed by atoms with Crippen molar-refractivity contribution in [1.29, 1.82) is 0 Å². The molecule has 1 N–H and O–H groups in total. The summed E-state index contributed by atoms with van der Waals surface area (Å²) in [5.41, 5.74) is -0.0451. The number of hydrogen-bond donors (Lipinski definition) is 1. The van der Waals surface area contributed by atoms with Crippen molar-refractivity contribution in [2.24, 2.45) is 7.05 Å². The van der Waals surface area contributed by atoms with E-state index in [1.807, 2.05) is 0 Å². The lowest BCUT2D eigenvalue weighted by atomic mass is 10.2. The minimum absolute atomic E-state index is 0.140. The zero-order chi connectivity index (χ0) is 17.4. The van der Waals surface area contributed by atoms with Crippen LogP contribution in [0.2, 0.25) is 10.0 Å². The molecular formula is C16H10Cl2FN3O2. The molecule has 0 bridgehead atoms. The summed E-state index contributed by atoms with van der Waals surface area (Å²) >= 11 is 11.6. The van der Waals surface area contributed by atoms with Gasteiger partial charge in [0.25, 0.3) is 5.91 Å². The van der Waals surface area contributed by atoms with Gasteiger partial charge in [0.1, 0.15) is 5.82 Å². The lowest BCUT2D eigenvalue weighted by molar-refractivity contribution is 0.101. The molecule has 0 aliphatic carbocycles. The van der Waals surface area contributed by atoms with Crippen LogP contribution in [0.4, 0.5) is 10.1 Å². The second-order valence-corrected chi connectivity index (χ2v) is 5.89. The van der Waals surface area contributed by atoms with Gasteiger partial charge >= 0.3 is 0 Å². The Morgan fingerprint density at radius 3 is 2.67 bits per heavy atom. The maximum Gasteiger partial charge on any atom is 0.280 e. The number of nitrogens with one attached hydrogen (secondary N) is 1.